The molecule has 0 aromatic carbocycles. The molecule has 0 bridgehead atoms. The number of hydrogen-bond donors (Lipinski definition) is 3. The molecule has 0 aromatic rings. The van der Waals surface area contributed by atoms with Crippen molar-refractivity contribution in [3.05, 3.63) is 0 Å². The minimum Gasteiger partial charge on any atom is -0.469 e. The Bertz CT molecular complexity index is 230. The highest BCUT2D eigenvalue weighted by Gasteiger charge is 2.20. The van der Waals surface area contributed by atoms with Gasteiger partial charge in [-0.25, -0.2) is 0 Å². The van der Waals surface area contributed by atoms with E-state index in [4.69, 9.17) is 0 Å². The Labute approximate surface area is 109 Å². The summed E-state index contributed by atoms with van der Waals surface area (Å²) in [5.74, 6) is 0.235. The molecule has 106 valence electrons. The van der Waals surface area contributed by atoms with Gasteiger partial charge in [0.15, 0.2) is 0 Å². The molecule has 1 rings (SSSR count). The van der Waals surface area contributed by atoms with Crippen LogP contribution in [0.2, 0.25) is 0 Å². The van der Waals surface area contributed by atoms with Crippen molar-refractivity contribution < 1.29 is 14.6 Å². The van der Waals surface area contributed by atoms with Crippen LogP contribution >= 0.6 is 0 Å². The van der Waals surface area contributed by atoms with Crippen molar-refractivity contribution in [3.63, 3.8) is 0 Å². The highest BCUT2D eigenvalue weighted by Crippen LogP contribution is 2.14. The number of unbranched alkanes of at least 4 members (excludes halogenated alkanes) is 2. The molecule has 0 spiro atoms. The molecule has 1 saturated heterocycles. The van der Waals surface area contributed by atoms with Gasteiger partial charge in [0.25, 0.3) is 0 Å². The monoisotopic (exact) mass is 258 g/mol. The van der Waals surface area contributed by atoms with Gasteiger partial charge in [-0.1, -0.05) is 6.42 Å². The smallest absolute Gasteiger partial charge is 0.305 e. The summed E-state index contributed by atoms with van der Waals surface area (Å²) in [6.07, 6.45) is 5.02. The van der Waals surface area contributed by atoms with E-state index < -0.39 is 0 Å². The number of methoxy groups -OCH3 is 1. The first-order valence-electron chi connectivity index (χ1n) is 6.93. The third kappa shape index (κ3) is 6.33. The number of aliphatic hydroxyl groups excluding tert-OH is 1. The maximum atomic E-state index is 10.9. The van der Waals surface area contributed by atoms with Crippen molar-refractivity contribution >= 4 is 5.97 Å². The highest BCUT2D eigenvalue weighted by molar-refractivity contribution is 5.68. The van der Waals surface area contributed by atoms with Crippen LogP contribution in [0.15, 0.2) is 0 Å². The molecule has 5 nitrogen and oxygen atoms in total. The van der Waals surface area contributed by atoms with Crippen molar-refractivity contribution in [3.8, 4) is 0 Å². The summed E-state index contributed by atoms with van der Waals surface area (Å²) in [6, 6.07) is 0. The molecule has 1 aliphatic rings. The molecule has 0 aromatic heterocycles. The average molecular weight is 258 g/mol. The summed E-state index contributed by atoms with van der Waals surface area (Å²) < 4.78 is 4.57. The van der Waals surface area contributed by atoms with Gasteiger partial charge in [0, 0.05) is 12.3 Å². The topological polar surface area (TPSA) is 70.6 Å². The number of carbonyl (C=O) groups excluding carboxylic acids is 1. The second-order valence-corrected chi connectivity index (χ2v) is 4.87. The van der Waals surface area contributed by atoms with E-state index in [-0.39, 0.29) is 12.2 Å². The van der Waals surface area contributed by atoms with Crippen LogP contribution in [-0.2, 0) is 9.53 Å². The standard InChI is InChI=1S/C13H26N2O3/c1-18-12(16)5-3-2-4-8-15-13(17)11-6-9-14-10-7-11/h11,13-15,17H,2-10H2,1H3. The van der Waals surface area contributed by atoms with E-state index in [1.54, 1.807) is 0 Å². The quantitative estimate of drug-likeness (QED) is 0.338. The molecule has 5 heteroatoms. The number of piperidine rings is 1. The molecule has 3 N–H and O–H groups in total. The van der Waals surface area contributed by atoms with Crippen molar-refractivity contribution in [1.29, 1.82) is 0 Å². The molecule has 1 heterocycles. The Kier molecular flexibility index (Phi) is 7.96. The molecule has 18 heavy (non-hydrogen) atoms. The second kappa shape index (κ2) is 9.30. The zero-order valence-electron chi connectivity index (χ0n) is 11.3. The Hall–Kier alpha value is -0.650. The third-order valence-electron chi connectivity index (χ3n) is 3.47. The molecule has 0 aliphatic carbocycles. The molecule has 1 aliphatic heterocycles. The van der Waals surface area contributed by atoms with Gasteiger partial charge in [0.2, 0.25) is 0 Å². The highest BCUT2D eigenvalue weighted by atomic mass is 16.5. The van der Waals surface area contributed by atoms with Crippen LogP contribution in [0, 0.1) is 5.92 Å². The van der Waals surface area contributed by atoms with Crippen molar-refractivity contribution in [2.45, 2.75) is 44.8 Å². The lowest BCUT2D eigenvalue weighted by Gasteiger charge is -2.27. The first kappa shape index (κ1) is 15.4. The number of nitrogens with one attached hydrogen (secondary N) is 2. The molecule has 1 unspecified atom stereocenters. The first-order chi connectivity index (χ1) is 8.74. The lowest BCUT2D eigenvalue weighted by atomic mass is 9.96. The van der Waals surface area contributed by atoms with Crippen LogP contribution in [0.25, 0.3) is 0 Å². The van der Waals surface area contributed by atoms with E-state index in [1.165, 1.54) is 7.11 Å². The largest absolute Gasteiger partial charge is 0.469 e. The number of carbonyl (C=O) groups is 1. The first-order valence-corrected chi connectivity index (χ1v) is 6.93. The van der Waals surface area contributed by atoms with Gasteiger partial charge in [-0.2, -0.15) is 0 Å². The zero-order valence-corrected chi connectivity index (χ0v) is 11.3. The van der Waals surface area contributed by atoms with Gasteiger partial charge in [-0.05, 0) is 45.3 Å². The number of hydrogen-bond acceptors (Lipinski definition) is 5. The third-order valence-corrected chi connectivity index (χ3v) is 3.47. The average Bonchev–Trinajstić information content (AvgIpc) is 2.43. The normalized spacial score (nSPS) is 18.6. The summed E-state index contributed by atoms with van der Waals surface area (Å²) in [7, 11) is 1.42. The van der Waals surface area contributed by atoms with Crippen molar-refractivity contribution in [1.82, 2.24) is 10.6 Å². The Morgan fingerprint density at radius 3 is 2.78 bits per heavy atom. The fourth-order valence-corrected chi connectivity index (χ4v) is 2.25. The van der Waals surface area contributed by atoms with E-state index in [9.17, 15) is 9.90 Å². The van der Waals surface area contributed by atoms with E-state index in [0.717, 1.165) is 51.7 Å². The summed E-state index contributed by atoms with van der Waals surface area (Å²) >= 11 is 0. The predicted molar refractivity (Wildman–Crippen MR) is 70.1 cm³/mol. The summed E-state index contributed by atoms with van der Waals surface area (Å²) in [5.41, 5.74) is 0. The second-order valence-electron chi connectivity index (χ2n) is 4.87. The van der Waals surface area contributed by atoms with Crippen LogP contribution in [0.4, 0.5) is 0 Å². The fourth-order valence-electron chi connectivity index (χ4n) is 2.25. The molecular formula is C13H26N2O3. The number of rotatable bonds is 8. The van der Waals surface area contributed by atoms with Crippen LogP contribution in [0.5, 0.6) is 0 Å². The van der Waals surface area contributed by atoms with Crippen LogP contribution in [0.3, 0.4) is 0 Å². The minimum atomic E-state index is -0.382. The maximum absolute atomic E-state index is 10.9. The summed E-state index contributed by atoms with van der Waals surface area (Å²) in [4.78, 5) is 10.9. The van der Waals surface area contributed by atoms with E-state index in [0.29, 0.717) is 12.3 Å². The molecule has 0 saturated carbocycles. The Morgan fingerprint density at radius 1 is 1.39 bits per heavy atom. The van der Waals surface area contributed by atoms with Gasteiger partial charge in [0.05, 0.1) is 7.11 Å². The molecule has 1 atom stereocenters. The zero-order chi connectivity index (χ0) is 13.2. The summed E-state index contributed by atoms with van der Waals surface area (Å²) in [5, 5.41) is 16.4. The fraction of sp³-hybridized carbons (Fsp3) is 0.923. The maximum Gasteiger partial charge on any atom is 0.305 e. The van der Waals surface area contributed by atoms with E-state index in [2.05, 4.69) is 15.4 Å². The van der Waals surface area contributed by atoms with Crippen LogP contribution in [-0.4, -0.2) is 44.0 Å². The lowest BCUT2D eigenvalue weighted by Crippen LogP contribution is -2.42. The van der Waals surface area contributed by atoms with Crippen molar-refractivity contribution in [2.75, 3.05) is 26.7 Å². The van der Waals surface area contributed by atoms with Gasteiger partial charge >= 0.3 is 5.97 Å². The van der Waals surface area contributed by atoms with Gasteiger partial charge in [0.1, 0.15) is 6.23 Å². The Morgan fingerprint density at radius 2 is 2.11 bits per heavy atom. The van der Waals surface area contributed by atoms with Crippen molar-refractivity contribution in [2.24, 2.45) is 5.92 Å². The lowest BCUT2D eigenvalue weighted by molar-refractivity contribution is -0.140. The number of ether oxygens (including phenoxy) is 1. The molecule has 0 amide bonds. The van der Waals surface area contributed by atoms with Gasteiger partial charge < -0.3 is 15.2 Å². The molecule has 0 radical (unpaired) electrons. The van der Waals surface area contributed by atoms with Gasteiger partial charge in [-0.15, -0.1) is 0 Å². The van der Waals surface area contributed by atoms with E-state index >= 15 is 0 Å². The number of aliphatic hydroxyl groups is 1. The predicted octanol–water partition coefficient (Wildman–Crippen LogP) is 0.627. The van der Waals surface area contributed by atoms with Crippen LogP contribution in [0.1, 0.15) is 38.5 Å². The summed E-state index contributed by atoms with van der Waals surface area (Å²) in [6.45, 7) is 2.82. The van der Waals surface area contributed by atoms with Gasteiger partial charge in [-0.3, -0.25) is 10.1 Å². The Balaban J connectivity index is 1.95. The van der Waals surface area contributed by atoms with E-state index in [1.807, 2.05) is 0 Å². The molecular weight excluding hydrogens is 232 g/mol. The molecule has 1 fully saturated rings. The SMILES string of the molecule is COC(=O)CCCCCNC(O)C1CCNCC1. The number of esters is 1. The van der Waals surface area contributed by atoms with Crippen LogP contribution < -0.4 is 10.6 Å². The minimum absolute atomic E-state index is 0.141.